The molecular formula is C14H17FO4. The lowest BCUT2D eigenvalue weighted by Crippen LogP contribution is -2.11. The molecule has 0 aliphatic carbocycles. The first-order valence-corrected chi connectivity index (χ1v) is 6.13. The number of esters is 1. The number of carboxylic acids is 1. The second kappa shape index (κ2) is 6.87. The minimum Gasteiger partial charge on any atom is -0.481 e. The Kier molecular flexibility index (Phi) is 5.48. The molecule has 104 valence electrons. The number of ether oxygens (including phenoxy) is 1. The molecule has 4 nitrogen and oxygen atoms in total. The normalized spacial score (nSPS) is 11.9. The van der Waals surface area contributed by atoms with Gasteiger partial charge in [-0.2, -0.15) is 0 Å². The number of hydrogen-bond donors (Lipinski definition) is 1. The van der Waals surface area contributed by atoms with Crippen LogP contribution in [0.3, 0.4) is 0 Å². The lowest BCUT2D eigenvalue weighted by atomic mass is 9.96. The van der Waals surface area contributed by atoms with Gasteiger partial charge in [0.25, 0.3) is 0 Å². The molecule has 0 radical (unpaired) electrons. The van der Waals surface area contributed by atoms with Crippen molar-refractivity contribution in [3.05, 3.63) is 35.1 Å². The number of carbonyl (C=O) groups excluding carboxylic acids is 1. The van der Waals surface area contributed by atoms with E-state index in [0.717, 1.165) is 0 Å². The summed E-state index contributed by atoms with van der Waals surface area (Å²) in [5.41, 5.74) is 0.465. The number of aryl methyl sites for hydroxylation is 1. The molecule has 1 unspecified atom stereocenters. The summed E-state index contributed by atoms with van der Waals surface area (Å²) in [6.45, 7) is 3.42. The molecule has 1 aromatic carbocycles. The van der Waals surface area contributed by atoms with Crippen molar-refractivity contribution in [3.8, 4) is 0 Å². The third-order valence-electron chi connectivity index (χ3n) is 2.85. The average Bonchev–Trinajstić information content (AvgIpc) is 2.37. The Morgan fingerprint density at radius 2 is 2.11 bits per heavy atom. The molecule has 0 aliphatic heterocycles. The van der Waals surface area contributed by atoms with E-state index in [1.165, 1.54) is 13.0 Å². The van der Waals surface area contributed by atoms with Crippen molar-refractivity contribution >= 4 is 11.9 Å². The summed E-state index contributed by atoms with van der Waals surface area (Å²) in [7, 11) is 0. The Balaban J connectivity index is 2.83. The lowest BCUT2D eigenvalue weighted by molar-refractivity contribution is -0.143. The molecule has 0 aromatic heterocycles. The van der Waals surface area contributed by atoms with Crippen LogP contribution in [0.2, 0.25) is 0 Å². The molecule has 0 spiro atoms. The van der Waals surface area contributed by atoms with Gasteiger partial charge in [-0.05, 0) is 25.8 Å². The van der Waals surface area contributed by atoms with Crippen molar-refractivity contribution < 1.29 is 23.8 Å². The fourth-order valence-electron chi connectivity index (χ4n) is 1.73. The highest BCUT2D eigenvalue weighted by Crippen LogP contribution is 2.22. The Labute approximate surface area is 111 Å². The van der Waals surface area contributed by atoms with Gasteiger partial charge in [-0.15, -0.1) is 0 Å². The average molecular weight is 268 g/mol. The Hall–Kier alpha value is -1.91. The van der Waals surface area contributed by atoms with Gasteiger partial charge in [0.05, 0.1) is 12.5 Å². The van der Waals surface area contributed by atoms with Crippen LogP contribution in [0, 0.1) is 5.82 Å². The lowest BCUT2D eigenvalue weighted by Gasteiger charge is -2.11. The van der Waals surface area contributed by atoms with E-state index >= 15 is 0 Å². The predicted molar refractivity (Wildman–Crippen MR) is 67.4 cm³/mol. The monoisotopic (exact) mass is 268 g/mol. The van der Waals surface area contributed by atoms with Crippen LogP contribution in [0.1, 0.15) is 37.3 Å². The van der Waals surface area contributed by atoms with Crippen LogP contribution in [-0.4, -0.2) is 23.7 Å². The molecule has 0 amide bonds. The van der Waals surface area contributed by atoms with Gasteiger partial charge in [-0.3, -0.25) is 9.59 Å². The third kappa shape index (κ3) is 4.05. The second-order valence-electron chi connectivity index (χ2n) is 4.19. The molecule has 5 heteroatoms. The number of benzene rings is 1. The van der Waals surface area contributed by atoms with Crippen molar-refractivity contribution in [3.63, 3.8) is 0 Å². The topological polar surface area (TPSA) is 63.6 Å². The highest BCUT2D eigenvalue weighted by Gasteiger charge is 2.19. The highest BCUT2D eigenvalue weighted by molar-refractivity contribution is 5.75. The van der Waals surface area contributed by atoms with Crippen molar-refractivity contribution in [1.82, 2.24) is 0 Å². The van der Waals surface area contributed by atoms with Crippen molar-refractivity contribution in [2.24, 2.45) is 0 Å². The predicted octanol–water partition coefficient (Wildman–Crippen LogP) is 2.51. The van der Waals surface area contributed by atoms with Crippen molar-refractivity contribution in [2.45, 2.75) is 32.6 Å². The molecule has 1 rings (SSSR count). The number of rotatable bonds is 6. The molecular weight excluding hydrogens is 251 g/mol. The summed E-state index contributed by atoms with van der Waals surface area (Å²) in [6.07, 6.45) is 0.278. The van der Waals surface area contributed by atoms with Gasteiger partial charge in [0.15, 0.2) is 0 Å². The number of hydrogen-bond acceptors (Lipinski definition) is 3. The summed E-state index contributed by atoms with van der Waals surface area (Å²) < 4.78 is 18.9. The molecule has 1 N–H and O–H groups in total. The molecule has 19 heavy (non-hydrogen) atoms. The van der Waals surface area contributed by atoms with E-state index in [1.807, 2.05) is 0 Å². The first-order valence-electron chi connectivity index (χ1n) is 6.13. The Morgan fingerprint density at radius 1 is 1.42 bits per heavy atom. The zero-order valence-electron chi connectivity index (χ0n) is 11.0. The largest absolute Gasteiger partial charge is 0.481 e. The standard InChI is InChI=1S/C14H17FO4/c1-3-19-12(16)8-7-10-5-4-6-11(13(10)15)9(2)14(17)18/h4-6,9H,3,7-8H2,1-2H3,(H,17,18). The van der Waals surface area contributed by atoms with Crippen LogP contribution in [0.5, 0.6) is 0 Å². The minimum absolute atomic E-state index is 0.0790. The maximum atomic E-state index is 14.1. The fourth-order valence-corrected chi connectivity index (χ4v) is 1.73. The van der Waals surface area contributed by atoms with Gasteiger partial charge in [0.2, 0.25) is 0 Å². The Bertz CT molecular complexity index is 471. The first-order chi connectivity index (χ1) is 8.97. The SMILES string of the molecule is CCOC(=O)CCc1cccc(C(C)C(=O)O)c1F. The number of carboxylic acid groups (broad SMARTS) is 1. The van der Waals surface area contributed by atoms with Gasteiger partial charge in [-0.25, -0.2) is 4.39 Å². The quantitative estimate of drug-likeness (QED) is 0.805. The molecule has 1 aromatic rings. The van der Waals surface area contributed by atoms with Crippen LogP contribution in [-0.2, 0) is 20.7 Å². The van der Waals surface area contributed by atoms with Gasteiger partial charge in [0.1, 0.15) is 5.82 Å². The number of carbonyl (C=O) groups is 2. The first kappa shape index (κ1) is 15.1. The Morgan fingerprint density at radius 3 is 2.68 bits per heavy atom. The zero-order chi connectivity index (χ0) is 14.4. The molecule has 0 bridgehead atoms. The van der Waals surface area contributed by atoms with Gasteiger partial charge in [0, 0.05) is 12.0 Å². The highest BCUT2D eigenvalue weighted by atomic mass is 19.1. The van der Waals surface area contributed by atoms with E-state index in [0.29, 0.717) is 5.56 Å². The van der Waals surface area contributed by atoms with Gasteiger partial charge < -0.3 is 9.84 Å². The summed E-state index contributed by atoms with van der Waals surface area (Å²) >= 11 is 0. The molecule has 0 aliphatic rings. The van der Waals surface area contributed by atoms with E-state index in [4.69, 9.17) is 9.84 Å². The zero-order valence-corrected chi connectivity index (χ0v) is 11.0. The van der Waals surface area contributed by atoms with E-state index < -0.39 is 23.7 Å². The van der Waals surface area contributed by atoms with E-state index in [2.05, 4.69) is 0 Å². The van der Waals surface area contributed by atoms with Crippen LogP contribution in [0.15, 0.2) is 18.2 Å². The van der Waals surface area contributed by atoms with Gasteiger partial charge >= 0.3 is 11.9 Å². The summed E-state index contributed by atoms with van der Waals surface area (Å²) in [5, 5.41) is 8.90. The van der Waals surface area contributed by atoms with E-state index in [1.54, 1.807) is 19.1 Å². The molecule has 0 saturated carbocycles. The van der Waals surface area contributed by atoms with Crippen LogP contribution in [0.4, 0.5) is 4.39 Å². The third-order valence-corrected chi connectivity index (χ3v) is 2.85. The van der Waals surface area contributed by atoms with E-state index in [9.17, 15) is 14.0 Å². The summed E-state index contributed by atoms with van der Waals surface area (Å²) in [6, 6.07) is 4.59. The van der Waals surface area contributed by atoms with Crippen LogP contribution < -0.4 is 0 Å². The molecule has 0 fully saturated rings. The molecule has 0 saturated heterocycles. The van der Waals surface area contributed by atoms with Crippen LogP contribution in [0.25, 0.3) is 0 Å². The van der Waals surface area contributed by atoms with Gasteiger partial charge in [-0.1, -0.05) is 18.2 Å². The second-order valence-corrected chi connectivity index (χ2v) is 4.19. The van der Waals surface area contributed by atoms with E-state index in [-0.39, 0.29) is 25.0 Å². The maximum Gasteiger partial charge on any atom is 0.310 e. The minimum atomic E-state index is -1.08. The van der Waals surface area contributed by atoms with Crippen molar-refractivity contribution in [2.75, 3.05) is 6.61 Å². The number of aliphatic carboxylic acids is 1. The smallest absolute Gasteiger partial charge is 0.310 e. The summed E-state index contributed by atoms with van der Waals surface area (Å²) in [5.74, 6) is -2.94. The molecule has 0 heterocycles. The summed E-state index contributed by atoms with van der Waals surface area (Å²) in [4.78, 5) is 22.1. The maximum absolute atomic E-state index is 14.1. The van der Waals surface area contributed by atoms with Crippen molar-refractivity contribution in [1.29, 1.82) is 0 Å². The fraction of sp³-hybridized carbons (Fsp3) is 0.429. The number of halogens is 1. The van der Waals surface area contributed by atoms with Crippen LogP contribution >= 0.6 is 0 Å². The molecule has 1 atom stereocenters.